The molecule has 1 fully saturated rings. The van der Waals surface area contributed by atoms with E-state index in [-0.39, 0.29) is 17.6 Å². The van der Waals surface area contributed by atoms with Crippen molar-refractivity contribution in [2.24, 2.45) is 11.5 Å². The predicted octanol–water partition coefficient (Wildman–Crippen LogP) is -1.31. The molecule has 0 aromatic rings. The second-order valence-corrected chi connectivity index (χ2v) is 4.44. The van der Waals surface area contributed by atoms with E-state index in [0.29, 0.717) is 13.0 Å². The minimum Gasteiger partial charge on any atom is -0.376 e. The van der Waals surface area contributed by atoms with Crippen LogP contribution < -0.4 is 16.8 Å². The van der Waals surface area contributed by atoms with Gasteiger partial charge in [-0.1, -0.05) is 0 Å². The van der Waals surface area contributed by atoms with Gasteiger partial charge in [0.25, 0.3) is 0 Å². The van der Waals surface area contributed by atoms with Gasteiger partial charge in [-0.05, 0) is 32.0 Å². The summed E-state index contributed by atoms with van der Waals surface area (Å²) in [7, 11) is 0. The van der Waals surface area contributed by atoms with Gasteiger partial charge in [0.2, 0.25) is 11.8 Å². The smallest absolute Gasteiger partial charge is 0.243 e. The summed E-state index contributed by atoms with van der Waals surface area (Å²) in [5.74, 6) is -0.694. The Kier molecular flexibility index (Phi) is 3.69. The van der Waals surface area contributed by atoms with Crippen molar-refractivity contribution in [3.8, 4) is 0 Å². The van der Waals surface area contributed by atoms with E-state index in [9.17, 15) is 9.59 Å². The fourth-order valence-electron chi connectivity index (χ4n) is 1.88. The van der Waals surface area contributed by atoms with Crippen LogP contribution in [-0.4, -0.2) is 40.5 Å². The first-order chi connectivity index (χ1) is 7.38. The van der Waals surface area contributed by atoms with Crippen LogP contribution in [0.4, 0.5) is 0 Å². The SMILES string of the molecule is C[C@@]1(C(N)=O)CCCN1C(=O)CNC(N)=S. The highest BCUT2D eigenvalue weighted by Crippen LogP contribution is 2.28. The number of carbonyl (C=O) groups is 2. The number of nitrogens with one attached hydrogen (secondary N) is 1. The van der Waals surface area contributed by atoms with Crippen LogP contribution in [0.15, 0.2) is 0 Å². The van der Waals surface area contributed by atoms with E-state index in [1.54, 1.807) is 6.92 Å². The van der Waals surface area contributed by atoms with Crippen LogP contribution in [0.2, 0.25) is 0 Å². The van der Waals surface area contributed by atoms with Crippen molar-refractivity contribution in [2.45, 2.75) is 25.3 Å². The molecular weight excluding hydrogens is 228 g/mol. The molecule has 90 valence electrons. The highest BCUT2D eigenvalue weighted by molar-refractivity contribution is 7.80. The van der Waals surface area contributed by atoms with Crippen LogP contribution in [0.3, 0.4) is 0 Å². The molecule has 1 aliphatic heterocycles. The topological polar surface area (TPSA) is 101 Å². The molecule has 1 atom stereocenters. The lowest BCUT2D eigenvalue weighted by Gasteiger charge is -2.32. The molecule has 0 aromatic carbocycles. The Morgan fingerprint density at radius 1 is 1.50 bits per heavy atom. The van der Waals surface area contributed by atoms with Gasteiger partial charge in [-0.3, -0.25) is 9.59 Å². The fraction of sp³-hybridized carbons (Fsp3) is 0.667. The fourth-order valence-corrected chi connectivity index (χ4v) is 1.95. The van der Waals surface area contributed by atoms with Gasteiger partial charge in [0.05, 0.1) is 6.54 Å². The normalized spacial score (nSPS) is 24.2. The number of primary amides is 1. The summed E-state index contributed by atoms with van der Waals surface area (Å²) in [6.07, 6.45) is 1.37. The summed E-state index contributed by atoms with van der Waals surface area (Å²) in [6.45, 7) is 2.22. The average molecular weight is 244 g/mol. The highest BCUT2D eigenvalue weighted by Gasteiger charge is 2.44. The zero-order chi connectivity index (χ0) is 12.3. The summed E-state index contributed by atoms with van der Waals surface area (Å²) in [4.78, 5) is 24.6. The molecule has 2 amide bonds. The van der Waals surface area contributed by atoms with Gasteiger partial charge in [0, 0.05) is 6.54 Å². The molecule has 1 aliphatic rings. The number of nitrogens with two attached hydrogens (primary N) is 2. The summed E-state index contributed by atoms with van der Waals surface area (Å²) < 4.78 is 0. The number of hydrogen-bond acceptors (Lipinski definition) is 3. The van der Waals surface area contributed by atoms with Gasteiger partial charge >= 0.3 is 0 Å². The molecule has 0 bridgehead atoms. The summed E-state index contributed by atoms with van der Waals surface area (Å²) in [6, 6.07) is 0. The van der Waals surface area contributed by atoms with Gasteiger partial charge in [-0.15, -0.1) is 0 Å². The third kappa shape index (κ3) is 2.41. The maximum Gasteiger partial charge on any atom is 0.243 e. The Labute approximate surface area is 99.3 Å². The van der Waals surface area contributed by atoms with Crippen LogP contribution in [0.5, 0.6) is 0 Å². The molecule has 0 aromatic heterocycles. The van der Waals surface area contributed by atoms with Crippen LogP contribution in [0.1, 0.15) is 19.8 Å². The van der Waals surface area contributed by atoms with Gasteiger partial charge in [-0.2, -0.15) is 0 Å². The highest BCUT2D eigenvalue weighted by atomic mass is 32.1. The standard InChI is InChI=1S/C9H16N4O2S/c1-9(7(10)15)3-2-4-13(9)6(14)5-12-8(11)16/h2-5H2,1H3,(H2,10,15)(H3,11,12,16)/t9-/m0/s1. The predicted molar refractivity (Wildman–Crippen MR) is 63.3 cm³/mol. The Hall–Kier alpha value is -1.37. The molecule has 1 heterocycles. The van der Waals surface area contributed by atoms with E-state index in [1.807, 2.05) is 0 Å². The Morgan fingerprint density at radius 3 is 2.62 bits per heavy atom. The zero-order valence-electron chi connectivity index (χ0n) is 9.16. The number of nitrogens with zero attached hydrogens (tertiary/aromatic N) is 1. The van der Waals surface area contributed by atoms with Gasteiger partial charge in [-0.25, -0.2) is 0 Å². The summed E-state index contributed by atoms with van der Waals surface area (Å²) in [5.41, 5.74) is 9.66. The second kappa shape index (κ2) is 4.65. The minimum atomic E-state index is -0.880. The number of hydrogen-bond donors (Lipinski definition) is 3. The lowest BCUT2D eigenvalue weighted by atomic mass is 9.98. The Balaban J connectivity index is 2.68. The lowest BCUT2D eigenvalue weighted by molar-refractivity contribution is -0.141. The number of likely N-dealkylation sites (tertiary alicyclic amines) is 1. The third-order valence-corrected chi connectivity index (χ3v) is 3.03. The molecule has 1 rings (SSSR count). The van der Waals surface area contributed by atoms with Crippen molar-refractivity contribution in [3.63, 3.8) is 0 Å². The maximum absolute atomic E-state index is 11.8. The van der Waals surface area contributed by atoms with Gasteiger partial charge < -0.3 is 21.7 Å². The lowest BCUT2D eigenvalue weighted by Crippen LogP contribution is -2.56. The van der Waals surface area contributed by atoms with Crippen LogP contribution in [0, 0.1) is 0 Å². The van der Waals surface area contributed by atoms with Gasteiger partial charge in [0.1, 0.15) is 5.54 Å². The maximum atomic E-state index is 11.8. The van der Waals surface area contributed by atoms with Crippen molar-refractivity contribution in [1.29, 1.82) is 0 Å². The molecule has 0 radical (unpaired) electrons. The van der Waals surface area contributed by atoms with E-state index >= 15 is 0 Å². The van der Waals surface area contributed by atoms with Crippen molar-refractivity contribution in [2.75, 3.05) is 13.1 Å². The quantitative estimate of drug-likeness (QED) is 0.535. The molecule has 0 aliphatic carbocycles. The van der Waals surface area contributed by atoms with Crippen molar-refractivity contribution < 1.29 is 9.59 Å². The van der Waals surface area contributed by atoms with Crippen LogP contribution >= 0.6 is 12.2 Å². The molecule has 0 spiro atoms. The average Bonchev–Trinajstić information content (AvgIpc) is 2.58. The van der Waals surface area contributed by atoms with Crippen LogP contribution in [-0.2, 0) is 9.59 Å². The van der Waals surface area contributed by atoms with Crippen molar-refractivity contribution in [3.05, 3.63) is 0 Å². The first kappa shape index (κ1) is 12.7. The minimum absolute atomic E-state index is 0.00178. The Morgan fingerprint density at radius 2 is 2.12 bits per heavy atom. The van der Waals surface area contributed by atoms with Crippen molar-refractivity contribution >= 4 is 29.1 Å². The third-order valence-electron chi connectivity index (χ3n) is 2.89. The molecule has 1 saturated heterocycles. The largest absolute Gasteiger partial charge is 0.376 e. The van der Waals surface area contributed by atoms with E-state index < -0.39 is 11.4 Å². The van der Waals surface area contributed by atoms with E-state index in [2.05, 4.69) is 17.5 Å². The number of carbonyl (C=O) groups excluding carboxylic acids is 2. The molecule has 5 N–H and O–H groups in total. The first-order valence-corrected chi connectivity index (χ1v) is 5.42. The van der Waals surface area contributed by atoms with E-state index in [1.165, 1.54) is 4.90 Å². The first-order valence-electron chi connectivity index (χ1n) is 5.01. The molecule has 0 unspecified atom stereocenters. The summed E-state index contributed by atoms with van der Waals surface area (Å²) in [5, 5.41) is 2.63. The Bertz CT molecular complexity index is 333. The number of thiocarbonyl (C=S) groups is 1. The van der Waals surface area contributed by atoms with E-state index in [0.717, 1.165) is 6.42 Å². The molecule has 16 heavy (non-hydrogen) atoms. The molecule has 0 saturated carbocycles. The van der Waals surface area contributed by atoms with E-state index in [4.69, 9.17) is 11.5 Å². The number of rotatable bonds is 3. The van der Waals surface area contributed by atoms with Crippen molar-refractivity contribution in [1.82, 2.24) is 10.2 Å². The second-order valence-electron chi connectivity index (χ2n) is 4.00. The zero-order valence-corrected chi connectivity index (χ0v) is 9.97. The van der Waals surface area contributed by atoms with Crippen LogP contribution in [0.25, 0.3) is 0 Å². The monoisotopic (exact) mass is 244 g/mol. The summed E-state index contributed by atoms with van der Waals surface area (Å²) >= 11 is 4.60. The molecule has 7 heteroatoms. The molecule has 6 nitrogen and oxygen atoms in total. The number of amides is 2. The van der Waals surface area contributed by atoms with Gasteiger partial charge in [0.15, 0.2) is 5.11 Å². The molecular formula is C9H16N4O2S.